The number of rotatable bonds is 5. The van der Waals surface area contributed by atoms with Crippen LogP contribution in [0.25, 0.3) is 0 Å². The Balaban J connectivity index is 3.17. The Kier molecular flexibility index (Phi) is 5.34. The van der Waals surface area contributed by atoms with Crippen molar-refractivity contribution in [3.8, 4) is 0 Å². The van der Waals surface area contributed by atoms with Crippen molar-refractivity contribution in [3.63, 3.8) is 0 Å². The molecule has 0 aliphatic carbocycles. The summed E-state index contributed by atoms with van der Waals surface area (Å²) in [6.07, 6.45) is 0. The molecule has 0 atom stereocenters. The predicted octanol–water partition coefficient (Wildman–Crippen LogP) is 1.91. The highest BCUT2D eigenvalue weighted by Gasteiger charge is 2.29. The minimum Gasteiger partial charge on any atom is -0.468 e. The van der Waals surface area contributed by atoms with Crippen molar-refractivity contribution in [3.05, 3.63) is 29.3 Å². The van der Waals surface area contributed by atoms with E-state index in [2.05, 4.69) is 4.74 Å². The lowest BCUT2D eigenvalue weighted by atomic mass is 10.4. The van der Waals surface area contributed by atoms with Crippen molar-refractivity contribution in [1.82, 2.24) is 4.31 Å². The van der Waals surface area contributed by atoms with Crippen LogP contribution >= 0.6 is 11.6 Å². The van der Waals surface area contributed by atoms with Crippen LogP contribution in [0.4, 0.5) is 0 Å². The third-order valence-electron chi connectivity index (χ3n) is 2.49. The zero-order valence-electron chi connectivity index (χ0n) is 11.0. The lowest BCUT2D eigenvalue weighted by molar-refractivity contribution is -0.141. The predicted molar refractivity (Wildman–Crippen MR) is 72.5 cm³/mol. The van der Waals surface area contributed by atoms with Crippen molar-refractivity contribution in [2.24, 2.45) is 0 Å². The fourth-order valence-corrected chi connectivity index (χ4v) is 3.38. The summed E-state index contributed by atoms with van der Waals surface area (Å²) >= 11 is 5.79. The van der Waals surface area contributed by atoms with Gasteiger partial charge >= 0.3 is 5.97 Å². The number of nitrogens with zero attached hydrogens (tertiary/aromatic N) is 1. The van der Waals surface area contributed by atoms with Gasteiger partial charge in [0, 0.05) is 11.1 Å². The number of esters is 1. The molecule has 0 unspecified atom stereocenters. The molecule has 0 amide bonds. The number of benzene rings is 1. The summed E-state index contributed by atoms with van der Waals surface area (Å²) in [5.74, 6) is -0.612. The Morgan fingerprint density at radius 1 is 1.42 bits per heavy atom. The lowest BCUT2D eigenvalue weighted by Gasteiger charge is -2.24. The molecule has 0 aromatic heterocycles. The van der Waals surface area contributed by atoms with Gasteiger partial charge in [0.05, 0.1) is 12.0 Å². The highest BCUT2D eigenvalue weighted by atomic mass is 35.5. The molecule has 1 rings (SSSR count). The third-order valence-corrected chi connectivity index (χ3v) is 4.74. The van der Waals surface area contributed by atoms with E-state index >= 15 is 0 Å². The van der Waals surface area contributed by atoms with Gasteiger partial charge in [0.2, 0.25) is 10.0 Å². The number of hydrogen-bond donors (Lipinski definition) is 0. The largest absolute Gasteiger partial charge is 0.468 e. The average Bonchev–Trinajstić information content (AvgIpc) is 2.34. The van der Waals surface area contributed by atoms with Gasteiger partial charge in [-0.3, -0.25) is 4.79 Å². The van der Waals surface area contributed by atoms with Crippen LogP contribution < -0.4 is 0 Å². The summed E-state index contributed by atoms with van der Waals surface area (Å²) < 4.78 is 30.5. The van der Waals surface area contributed by atoms with Gasteiger partial charge in [-0.1, -0.05) is 17.7 Å². The number of halogens is 1. The van der Waals surface area contributed by atoms with Crippen LogP contribution in [0, 0.1) is 0 Å². The first-order valence-corrected chi connectivity index (χ1v) is 7.45. The van der Waals surface area contributed by atoms with E-state index in [0.29, 0.717) is 5.02 Å². The summed E-state index contributed by atoms with van der Waals surface area (Å²) in [6.45, 7) is 3.04. The summed E-state index contributed by atoms with van der Waals surface area (Å²) in [5.41, 5.74) is 0. The molecule has 0 heterocycles. The maximum atomic E-state index is 12.4. The van der Waals surface area contributed by atoms with Crippen molar-refractivity contribution in [1.29, 1.82) is 0 Å². The van der Waals surface area contributed by atoms with Crippen molar-refractivity contribution >= 4 is 27.6 Å². The van der Waals surface area contributed by atoms with Crippen LogP contribution in [-0.4, -0.2) is 38.4 Å². The SMILES string of the molecule is COC(=O)CN(C(C)C)S(=O)(=O)c1cccc(Cl)c1. The average molecular weight is 306 g/mol. The number of sulfonamides is 1. The van der Waals surface area contributed by atoms with Gasteiger partial charge in [-0.25, -0.2) is 8.42 Å². The lowest BCUT2D eigenvalue weighted by Crippen LogP contribution is -2.40. The van der Waals surface area contributed by atoms with Crippen molar-refractivity contribution < 1.29 is 17.9 Å². The van der Waals surface area contributed by atoms with E-state index in [1.54, 1.807) is 26.0 Å². The fourth-order valence-electron chi connectivity index (χ4n) is 1.50. The van der Waals surface area contributed by atoms with Crippen LogP contribution in [0.15, 0.2) is 29.2 Å². The molecule has 106 valence electrons. The maximum absolute atomic E-state index is 12.4. The monoisotopic (exact) mass is 305 g/mol. The Hall–Kier alpha value is -1.11. The molecular weight excluding hydrogens is 290 g/mol. The first-order chi connectivity index (χ1) is 8.78. The second kappa shape index (κ2) is 6.36. The molecule has 0 fully saturated rings. The minimum absolute atomic E-state index is 0.0533. The number of ether oxygens (including phenoxy) is 1. The summed E-state index contributed by atoms with van der Waals surface area (Å²) in [6, 6.07) is 5.55. The van der Waals surface area contributed by atoms with Gasteiger partial charge < -0.3 is 4.74 Å². The molecule has 1 aromatic carbocycles. The second-order valence-electron chi connectivity index (χ2n) is 4.18. The summed E-state index contributed by atoms with van der Waals surface area (Å²) in [5, 5.41) is 0.322. The molecule has 1 aromatic rings. The number of carbonyl (C=O) groups excluding carboxylic acids is 1. The summed E-state index contributed by atoms with van der Waals surface area (Å²) in [7, 11) is -2.56. The van der Waals surface area contributed by atoms with E-state index in [-0.39, 0.29) is 17.5 Å². The molecule has 0 spiro atoms. The highest BCUT2D eigenvalue weighted by Crippen LogP contribution is 2.21. The Morgan fingerprint density at radius 3 is 2.53 bits per heavy atom. The molecule has 0 aliphatic heterocycles. The molecular formula is C12H16ClNO4S. The molecule has 0 N–H and O–H groups in total. The molecule has 0 radical (unpaired) electrons. The quantitative estimate of drug-likeness (QED) is 0.780. The third kappa shape index (κ3) is 3.92. The molecule has 0 bridgehead atoms. The second-order valence-corrected chi connectivity index (χ2v) is 6.50. The Morgan fingerprint density at radius 2 is 2.05 bits per heavy atom. The van der Waals surface area contributed by atoms with E-state index < -0.39 is 16.0 Å². The number of carbonyl (C=O) groups is 1. The molecule has 0 saturated heterocycles. The summed E-state index contributed by atoms with van der Waals surface area (Å²) in [4.78, 5) is 11.4. The minimum atomic E-state index is -3.78. The van der Waals surface area contributed by atoms with E-state index in [1.807, 2.05) is 0 Å². The Labute approximate surface area is 118 Å². The number of hydrogen-bond acceptors (Lipinski definition) is 4. The van der Waals surface area contributed by atoms with Crippen LogP contribution in [-0.2, 0) is 19.6 Å². The van der Waals surface area contributed by atoms with Gasteiger partial charge in [-0.2, -0.15) is 4.31 Å². The molecule has 0 saturated carbocycles. The van der Waals surface area contributed by atoms with Gasteiger partial charge in [0.1, 0.15) is 6.54 Å². The standard InChI is InChI=1S/C12H16ClNO4S/c1-9(2)14(8-12(15)18-3)19(16,17)11-6-4-5-10(13)7-11/h4-7,9H,8H2,1-3H3. The molecule has 5 nitrogen and oxygen atoms in total. The van der Waals surface area contributed by atoms with E-state index in [0.717, 1.165) is 4.31 Å². The number of methoxy groups -OCH3 is 1. The zero-order valence-corrected chi connectivity index (χ0v) is 12.5. The van der Waals surface area contributed by atoms with E-state index in [9.17, 15) is 13.2 Å². The van der Waals surface area contributed by atoms with Gasteiger partial charge in [-0.15, -0.1) is 0 Å². The van der Waals surface area contributed by atoms with Gasteiger partial charge in [0.15, 0.2) is 0 Å². The first-order valence-electron chi connectivity index (χ1n) is 5.63. The smallest absolute Gasteiger partial charge is 0.321 e. The zero-order chi connectivity index (χ0) is 14.6. The van der Waals surface area contributed by atoms with Crippen LogP contribution in [0.2, 0.25) is 5.02 Å². The van der Waals surface area contributed by atoms with Crippen LogP contribution in [0.1, 0.15) is 13.8 Å². The fraction of sp³-hybridized carbons (Fsp3) is 0.417. The van der Waals surface area contributed by atoms with Crippen LogP contribution in [0.5, 0.6) is 0 Å². The highest BCUT2D eigenvalue weighted by molar-refractivity contribution is 7.89. The topological polar surface area (TPSA) is 63.7 Å². The molecule has 0 aliphatic rings. The van der Waals surface area contributed by atoms with E-state index in [4.69, 9.17) is 11.6 Å². The van der Waals surface area contributed by atoms with Crippen LogP contribution in [0.3, 0.4) is 0 Å². The van der Waals surface area contributed by atoms with E-state index in [1.165, 1.54) is 19.2 Å². The normalized spacial score (nSPS) is 11.9. The van der Waals surface area contributed by atoms with Crippen molar-refractivity contribution in [2.45, 2.75) is 24.8 Å². The maximum Gasteiger partial charge on any atom is 0.321 e. The first kappa shape index (κ1) is 15.9. The van der Waals surface area contributed by atoms with Gasteiger partial charge in [-0.05, 0) is 32.0 Å². The van der Waals surface area contributed by atoms with Gasteiger partial charge in [0.25, 0.3) is 0 Å². The van der Waals surface area contributed by atoms with Crippen molar-refractivity contribution in [2.75, 3.05) is 13.7 Å². The Bertz CT molecular complexity index is 557. The molecule has 7 heteroatoms. The molecule has 19 heavy (non-hydrogen) atoms.